The Labute approximate surface area is 320 Å². The summed E-state index contributed by atoms with van der Waals surface area (Å²) < 4.78 is 45.7. The number of benzene rings is 1. The van der Waals surface area contributed by atoms with Crippen LogP contribution in [-0.2, 0) is 46.9 Å². The molecule has 18 nitrogen and oxygen atoms in total. The summed E-state index contributed by atoms with van der Waals surface area (Å²) >= 11 is 0. The molecule has 2 unspecified atom stereocenters. The van der Waals surface area contributed by atoms with Crippen molar-refractivity contribution >= 4 is 43.3 Å². The van der Waals surface area contributed by atoms with E-state index in [1.807, 2.05) is 30.0 Å². The molecule has 2 aliphatic rings. The van der Waals surface area contributed by atoms with Crippen LogP contribution < -0.4 is 10.2 Å². The first kappa shape index (κ1) is 43.1. The molecule has 302 valence electrons. The number of anilines is 1. The van der Waals surface area contributed by atoms with E-state index in [0.717, 1.165) is 12.8 Å². The average molecular weight is 791 g/mol. The number of esters is 2. The first-order valence-corrected chi connectivity index (χ1v) is 20.1. The van der Waals surface area contributed by atoms with Crippen molar-refractivity contribution in [2.75, 3.05) is 90.5 Å². The highest BCUT2D eigenvalue weighted by Gasteiger charge is 2.39. The first-order chi connectivity index (χ1) is 26.5. The van der Waals surface area contributed by atoms with Crippen molar-refractivity contribution < 1.29 is 56.5 Å². The molecule has 2 atom stereocenters. The molecular weight excluding hydrogens is 739 g/mol. The number of unbranched alkanes of at least 4 members (excludes halogenated alkanes) is 1. The van der Waals surface area contributed by atoms with Crippen LogP contribution in [-0.4, -0.2) is 147 Å². The fourth-order valence-corrected chi connectivity index (χ4v) is 7.36. The highest BCUT2D eigenvalue weighted by molar-refractivity contribution is 7.54. The van der Waals surface area contributed by atoms with Gasteiger partial charge in [-0.3, -0.25) is 23.2 Å². The maximum Gasteiger partial charge on any atom is 0.409 e. The van der Waals surface area contributed by atoms with Crippen LogP contribution in [0.15, 0.2) is 36.4 Å². The van der Waals surface area contributed by atoms with Crippen LogP contribution in [0.1, 0.15) is 50.5 Å². The number of aromatic nitrogens is 2. The Morgan fingerprint density at radius 1 is 0.873 bits per heavy atom. The Kier molecular flexibility index (Phi) is 16.8. The third-order valence-electron chi connectivity index (χ3n) is 8.73. The lowest BCUT2D eigenvalue weighted by atomic mass is 10.2. The molecule has 2 saturated heterocycles. The third kappa shape index (κ3) is 13.0. The molecule has 1 aromatic heterocycles. The van der Waals surface area contributed by atoms with Crippen molar-refractivity contribution in [3.8, 4) is 11.4 Å². The molecule has 0 spiro atoms. The van der Waals surface area contributed by atoms with Gasteiger partial charge in [0.05, 0.1) is 32.1 Å². The summed E-state index contributed by atoms with van der Waals surface area (Å²) in [5.41, 5.74) is 0.556. The van der Waals surface area contributed by atoms with Crippen LogP contribution in [0.4, 0.5) is 10.6 Å². The molecule has 3 heterocycles. The molecule has 0 radical (unpaired) electrons. The van der Waals surface area contributed by atoms with Gasteiger partial charge in [0, 0.05) is 58.0 Å². The van der Waals surface area contributed by atoms with E-state index in [-0.39, 0.29) is 63.6 Å². The fourth-order valence-electron chi connectivity index (χ4n) is 5.77. The minimum Gasteiger partial charge on any atom is -0.464 e. The van der Waals surface area contributed by atoms with Crippen molar-refractivity contribution in [2.45, 2.75) is 52.2 Å². The molecule has 0 saturated carbocycles. The van der Waals surface area contributed by atoms with E-state index in [0.29, 0.717) is 30.9 Å². The van der Waals surface area contributed by atoms with E-state index in [2.05, 4.69) is 10.3 Å². The van der Waals surface area contributed by atoms with Gasteiger partial charge < -0.3 is 39.0 Å². The number of ether oxygens (including phenoxy) is 4. The number of hydrogen-bond donors (Lipinski definition) is 1. The van der Waals surface area contributed by atoms with E-state index in [1.54, 1.807) is 33.1 Å². The quantitative estimate of drug-likeness (QED) is 0.0940. The second-order valence-electron chi connectivity index (χ2n) is 12.7. The number of methoxy groups -OCH3 is 1. The van der Waals surface area contributed by atoms with Crippen molar-refractivity contribution in [1.29, 1.82) is 0 Å². The highest BCUT2D eigenvalue weighted by atomic mass is 31.2. The number of rotatable bonds is 19. The van der Waals surface area contributed by atoms with Crippen LogP contribution in [0.25, 0.3) is 11.4 Å². The zero-order chi connectivity index (χ0) is 39.8. The normalized spacial score (nSPS) is 16.4. The monoisotopic (exact) mass is 790 g/mol. The zero-order valence-corrected chi connectivity index (χ0v) is 32.7. The lowest BCUT2D eigenvalue weighted by molar-refractivity contribution is -0.146. The summed E-state index contributed by atoms with van der Waals surface area (Å²) in [5.74, 6) is -2.49. The largest absolute Gasteiger partial charge is 0.464 e. The molecule has 2 fully saturated rings. The number of carbonyl (C=O) groups excluding carboxylic acids is 5. The zero-order valence-electron chi connectivity index (χ0n) is 31.8. The van der Waals surface area contributed by atoms with E-state index >= 15 is 0 Å². The number of hydrogen-bond acceptors (Lipinski definition) is 15. The summed E-state index contributed by atoms with van der Waals surface area (Å²) in [4.78, 5) is 79.6. The Morgan fingerprint density at radius 2 is 1.51 bits per heavy atom. The van der Waals surface area contributed by atoms with Gasteiger partial charge >= 0.3 is 25.6 Å². The Balaban J connectivity index is 1.65. The second kappa shape index (κ2) is 21.5. The van der Waals surface area contributed by atoms with Gasteiger partial charge in [-0.05, 0) is 26.7 Å². The van der Waals surface area contributed by atoms with Crippen LogP contribution >= 0.6 is 7.60 Å². The maximum atomic E-state index is 14.3. The van der Waals surface area contributed by atoms with Gasteiger partial charge in [-0.25, -0.2) is 24.4 Å². The smallest absolute Gasteiger partial charge is 0.409 e. The van der Waals surface area contributed by atoms with E-state index in [1.165, 1.54) is 15.9 Å². The predicted octanol–water partition coefficient (Wildman–Crippen LogP) is 2.90. The van der Waals surface area contributed by atoms with Gasteiger partial charge in [0.25, 0.3) is 5.91 Å². The number of nitrogens with zero attached hydrogens (tertiary/aromatic N) is 5. The number of carbonyl (C=O) groups is 5. The van der Waals surface area contributed by atoms with Crippen LogP contribution in [0.5, 0.6) is 0 Å². The van der Waals surface area contributed by atoms with Crippen LogP contribution in [0.3, 0.4) is 0 Å². The van der Waals surface area contributed by atoms with Crippen LogP contribution in [0.2, 0.25) is 0 Å². The molecule has 19 heteroatoms. The van der Waals surface area contributed by atoms with Crippen molar-refractivity contribution in [1.82, 2.24) is 25.1 Å². The first-order valence-electron chi connectivity index (χ1n) is 18.4. The lowest BCUT2D eigenvalue weighted by Gasteiger charge is -2.36. The summed E-state index contributed by atoms with van der Waals surface area (Å²) in [5, 5.41) is 2.66. The number of nitrogens with one attached hydrogen (secondary N) is 1. The molecule has 2 aliphatic heterocycles. The van der Waals surface area contributed by atoms with Gasteiger partial charge in [0.2, 0.25) is 5.91 Å². The fraction of sp³-hybridized carbons (Fsp3) is 0.583. The summed E-state index contributed by atoms with van der Waals surface area (Å²) in [6, 6.07) is 8.98. The summed E-state index contributed by atoms with van der Waals surface area (Å²) in [6.45, 7) is 5.34. The summed E-state index contributed by atoms with van der Waals surface area (Å²) in [6.07, 6.45) is 1.01. The Hall–Kier alpha value is -4.64. The number of amides is 3. The van der Waals surface area contributed by atoms with Gasteiger partial charge in [-0.1, -0.05) is 43.7 Å². The van der Waals surface area contributed by atoms with Gasteiger partial charge in [0.15, 0.2) is 19.0 Å². The van der Waals surface area contributed by atoms with E-state index in [4.69, 9.17) is 33.0 Å². The minimum atomic E-state index is -4.52. The Bertz CT molecular complexity index is 1630. The highest BCUT2D eigenvalue weighted by Crippen LogP contribution is 2.49. The predicted molar refractivity (Wildman–Crippen MR) is 198 cm³/mol. The standard InChI is InChI=1S/C36H51N6O12P/c1-5-8-20-52-36(47)41-18-16-40(17-19-41)35(46)29(25-55(48,53-23-31(43)50-6-2)54-24-32(44)51-7-3)38-34(45)28-21-30(42-15-14-27(22-42)49-4)39-33(37-28)26-12-10-9-11-13-26/h9-13,21,27,29H,5-8,14-20,22-25H2,1-4H3,(H,38,45). The molecule has 4 rings (SSSR count). The topological polar surface area (TPSA) is 205 Å². The molecule has 1 aromatic carbocycles. The van der Waals surface area contributed by atoms with Gasteiger partial charge in [0.1, 0.15) is 17.6 Å². The lowest BCUT2D eigenvalue weighted by Crippen LogP contribution is -2.57. The van der Waals surface area contributed by atoms with Gasteiger partial charge in [-0.2, -0.15) is 0 Å². The molecule has 1 N–H and O–H groups in total. The average Bonchev–Trinajstić information content (AvgIpc) is 3.69. The molecular formula is C36H51N6O12P. The summed E-state index contributed by atoms with van der Waals surface area (Å²) in [7, 11) is -2.90. The SMILES string of the molecule is CCCCOC(=O)N1CCN(C(=O)C(CP(=O)(OCC(=O)OCC)OCC(=O)OCC)NC(=O)c2cc(N3CCC(OC)C3)nc(-c3ccccc3)n2)CC1. The molecule has 0 bridgehead atoms. The minimum absolute atomic E-state index is 0.0148. The van der Waals surface area contributed by atoms with E-state index < -0.39 is 62.9 Å². The third-order valence-corrected chi connectivity index (χ3v) is 10.6. The van der Waals surface area contributed by atoms with Gasteiger partial charge in [-0.15, -0.1) is 0 Å². The van der Waals surface area contributed by atoms with Crippen molar-refractivity contribution in [3.05, 3.63) is 42.1 Å². The molecule has 3 amide bonds. The van der Waals surface area contributed by atoms with Crippen molar-refractivity contribution in [2.24, 2.45) is 0 Å². The van der Waals surface area contributed by atoms with Crippen molar-refractivity contribution in [3.63, 3.8) is 0 Å². The molecule has 0 aliphatic carbocycles. The number of piperazine rings is 1. The van der Waals surface area contributed by atoms with E-state index in [9.17, 15) is 28.5 Å². The maximum absolute atomic E-state index is 14.3. The molecule has 2 aromatic rings. The van der Waals surface area contributed by atoms with Crippen LogP contribution in [0, 0.1) is 0 Å². The Morgan fingerprint density at radius 3 is 2.09 bits per heavy atom. The second-order valence-corrected chi connectivity index (χ2v) is 14.8. The molecule has 55 heavy (non-hydrogen) atoms.